The summed E-state index contributed by atoms with van der Waals surface area (Å²) < 4.78 is 0. The van der Waals surface area contributed by atoms with Gasteiger partial charge < -0.3 is 15.1 Å². The number of nitrogens with zero attached hydrogens (tertiary/aromatic N) is 5. The normalized spacial score (nSPS) is 18.7. The molecule has 4 heterocycles. The fourth-order valence-corrected chi connectivity index (χ4v) is 4.04. The minimum atomic E-state index is -0.100. The Hall–Kier alpha value is -3.03. The summed E-state index contributed by atoms with van der Waals surface area (Å²) in [5.41, 5.74) is 2.33. The van der Waals surface area contributed by atoms with Crippen LogP contribution < -0.4 is 5.32 Å². The maximum absolute atomic E-state index is 12.8. The van der Waals surface area contributed by atoms with Crippen molar-refractivity contribution < 1.29 is 9.59 Å². The molecule has 2 aromatic heterocycles. The largest absolute Gasteiger partial charge is 0.373 e. The van der Waals surface area contributed by atoms with Gasteiger partial charge >= 0.3 is 0 Å². The standard InChI is InChI=1S/C20H24N6O2/c1-13(27)26-10-5-7-17(26)19-23-16-12-25(11-8-14(16)18(21-2)24-19)20(28)15-6-3-4-9-22-15/h3-4,6,9,17H,5,7-8,10-12H2,1-2H3,(H,21,23,24)/t17-/m1/s1. The van der Waals surface area contributed by atoms with E-state index in [1.54, 1.807) is 30.2 Å². The number of amides is 2. The summed E-state index contributed by atoms with van der Waals surface area (Å²) in [6, 6.07) is 5.24. The molecule has 0 aromatic carbocycles. The Morgan fingerprint density at radius 3 is 2.79 bits per heavy atom. The first-order valence-corrected chi connectivity index (χ1v) is 9.63. The topological polar surface area (TPSA) is 91.3 Å². The third kappa shape index (κ3) is 3.30. The molecule has 4 rings (SSSR count). The number of nitrogens with one attached hydrogen (secondary N) is 1. The van der Waals surface area contributed by atoms with Gasteiger partial charge in [-0.05, 0) is 31.4 Å². The highest BCUT2D eigenvalue weighted by atomic mass is 16.2. The van der Waals surface area contributed by atoms with E-state index in [2.05, 4.69) is 10.3 Å². The molecule has 0 bridgehead atoms. The van der Waals surface area contributed by atoms with Crippen molar-refractivity contribution in [1.29, 1.82) is 0 Å². The van der Waals surface area contributed by atoms with Crippen LogP contribution in [0.2, 0.25) is 0 Å². The van der Waals surface area contributed by atoms with Crippen molar-refractivity contribution in [3.63, 3.8) is 0 Å². The lowest BCUT2D eigenvalue weighted by molar-refractivity contribution is -0.129. The molecule has 8 nitrogen and oxygen atoms in total. The molecule has 2 aromatic rings. The van der Waals surface area contributed by atoms with Crippen LogP contribution in [0.5, 0.6) is 0 Å². The second-order valence-electron chi connectivity index (χ2n) is 7.17. The number of anilines is 1. The highest BCUT2D eigenvalue weighted by molar-refractivity contribution is 5.92. The SMILES string of the molecule is CNc1nc([C@H]2CCCN2C(C)=O)nc2c1CCN(C(=O)c1ccccn1)C2. The highest BCUT2D eigenvalue weighted by Crippen LogP contribution is 2.33. The Morgan fingerprint density at radius 1 is 1.21 bits per heavy atom. The maximum Gasteiger partial charge on any atom is 0.272 e. The molecule has 1 N–H and O–H groups in total. The van der Waals surface area contributed by atoms with E-state index in [0.717, 1.165) is 36.5 Å². The summed E-state index contributed by atoms with van der Waals surface area (Å²) in [7, 11) is 1.84. The summed E-state index contributed by atoms with van der Waals surface area (Å²) in [6.45, 7) is 3.34. The molecule has 0 unspecified atom stereocenters. The zero-order valence-electron chi connectivity index (χ0n) is 16.2. The lowest BCUT2D eigenvalue weighted by atomic mass is 10.0. The molecular formula is C20H24N6O2. The van der Waals surface area contributed by atoms with Crippen molar-refractivity contribution in [1.82, 2.24) is 24.8 Å². The third-order valence-corrected chi connectivity index (χ3v) is 5.45. The molecule has 0 saturated carbocycles. The van der Waals surface area contributed by atoms with E-state index in [1.807, 2.05) is 18.0 Å². The number of carbonyl (C=O) groups excluding carboxylic acids is 2. The molecule has 0 aliphatic carbocycles. The Bertz CT molecular complexity index is 901. The molecule has 1 fully saturated rings. The summed E-state index contributed by atoms with van der Waals surface area (Å²) in [6.07, 6.45) is 4.12. The summed E-state index contributed by atoms with van der Waals surface area (Å²) >= 11 is 0. The zero-order valence-corrected chi connectivity index (χ0v) is 16.2. The number of hydrogen-bond acceptors (Lipinski definition) is 6. The number of hydrogen-bond donors (Lipinski definition) is 1. The van der Waals surface area contributed by atoms with Gasteiger partial charge in [-0.15, -0.1) is 0 Å². The van der Waals surface area contributed by atoms with Crippen molar-refractivity contribution in [2.24, 2.45) is 0 Å². The number of aromatic nitrogens is 3. The molecule has 1 saturated heterocycles. The van der Waals surface area contributed by atoms with Crippen molar-refractivity contribution in [3.05, 3.63) is 47.2 Å². The Kier molecular flexibility index (Phi) is 4.93. The van der Waals surface area contributed by atoms with E-state index in [4.69, 9.17) is 9.97 Å². The molecule has 0 spiro atoms. The van der Waals surface area contributed by atoms with Gasteiger partial charge in [0.15, 0.2) is 5.82 Å². The van der Waals surface area contributed by atoms with Crippen LogP contribution in [0.15, 0.2) is 24.4 Å². The lowest BCUT2D eigenvalue weighted by Crippen LogP contribution is -2.38. The Balaban J connectivity index is 1.65. The molecule has 2 amide bonds. The van der Waals surface area contributed by atoms with Crippen molar-refractivity contribution in [2.45, 2.75) is 38.8 Å². The first-order chi connectivity index (χ1) is 13.6. The van der Waals surface area contributed by atoms with E-state index < -0.39 is 0 Å². The van der Waals surface area contributed by atoms with E-state index in [0.29, 0.717) is 31.0 Å². The van der Waals surface area contributed by atoms with Gasteiger partial charge in [-0.3, -0.25) is 14.6 Å². The van der Waals surface area contributed by atoms with Gasteiger partial charge in [-0.2, -0.15) is 0 Å². The van der Waals surface area contributed by atoms with Crippen LogP contribution in [0.4, 0.5) is 5.82 Å². The smallest absolute Gasteiger partial charge is 0.272 e. The van der Waals surface area contributed by atoms with Crippen LogP contribution >= 0.6 is 0 Å². The Labute approximate surface area is 164 Å². The summed E-state index contributed by atoms with van der Waals surface area (Å²) in [5, 5.41) is 3.17. The van der Waals surface area contributed by atoms with Gasteiger partial charge in [0, 0.05) is 38.8 Å². The van der Waals surface area contributed by atoms with Gasteiger partial charge in [0.1, 0.15) is 11.5 Å². The first kappa shape index (κ1) is 18.3. The minimum Gasteiger partial charge on any atom is -0.373 e. The van der Waals surface area contributed by atoms with Crippen LogP contribution in [0.3, 0.4) is 0 Å². The van der Waals surface area contributed by atoms with E-state index in [9.17, 15) is 9.59 Å². The number of rotatable bonds is 3. The van der Waals surface area contributed by atoms with Crippen molar-refractivity contribution >= 4 is 17.6 Å². The monoisotopic (exact) mass is 380 g/mol. The second-order valence-corrected chi connectivity index (χ2v) is 7.17. The van der Waals surface area contributed by atoms with Crippen LogP contribution in [0, 0.1) is 0 Å². The molecule has 146 valence electrons. The number of likely N-dealkylation sites (tertiary alicyclic amines) is 1. The Morgan fingerprint density at radius 2 is 2.07 bits per heavy atom. The zero-order chi connectivity index (χ0) is 19.7. The van der Waals surface area contributed by atoms with Gasteiger partial charge in [0.25, 0.3) is 5.91 Å². The van der Waals surface area contributed by atoms with Gasteiger partial charge in [0.05, 0.1) is 18.3 Å². The van der Waals surface area contributed by atoms with E-state index >= 15 is 0 Å². The molecule has 8 heteroatoms. The number of carbonyl (C=O) groups is 2. The van der Waals surface area contributed by atoms with Crippen LogP contribution in [-0.4, -0.2) is 56.7 Å². The maximum atomic E-state index is 12.8. The van der Waals surface area contributed by atoms with E-state index in [-0.39, 0.29) is 17.9 Å². The molecule has 2 aliphatic heterocycles. The van der Waals surface area contributed by atoms with Gasteiger partial charge in [0.2, 0.25) is 5.91 Å². The molecular weight excluding hydrogens is 356 g/mol. The molecule has 1 atom stereocenters. The molecule has 2 aliphatic rings. The average Bonchev–Trinajstić information content (AvgIpc) is 3.23. The molecule has 28 heavy (non-hydrogen) atoms. The van der Waals surface area contributed by atoms with Crippen LogP contribution in [-0.2, 0) is 17.8 Å². The fourth-order valence-electron chi connectivity index (χ4n) is 4.04. The fraction of sp³-hybridized carbons (Fsp3) is 0.450. The predicted molar refractivity (Wildman–Crippen MR) is 104 cm³/mol. The molecule has 0 radical (unpaired) electrons. The number of fused-ring (bicyclic) bond motifs is 1. The van der Waals surface area contributed by atoms with Crippen molar-refractivity contribution in [3.8, 4) is 0 Å². The second kappa shape index (κ2) is 7.53. The van der Waals surface area contributed by atoms with Gasteiger partial charge in [-0.25, -0.2) is 9.97 Å². The van der Waals surface area contributed by atoms with Gasteiger partial charge in [-0.1, -0.05) is 6.07 Å². The first-order valence-electron chi connectivity index (χ1n) is 9.63. The minimum absolute atomic E-state index is 0.0433. The number of pyridine rings is 1. The van der Waals surface area contributed by atoms with Crippen LogP contribution in [0.1, 0.15) is 53.4 Å². The lowest BCUT2D eigenvalue weighted by Gasteiger charge is -2.30. The van der Waals surface area contributed by atoms with Crippen molar-refractivity contribution in [2.75, 3.05) is 25.5 Å². The third-order valence-electron chi connectivity index (χ3n) is 5.45. The predicted octanol–water partition coefficient (Wildman–Crippen LogP) is 1.80. The quantitative estimate of drug-likeness (QED) is 0.873. The average molecular weight is 380 g/mol. The summed E-state index contributed by atoms with van der Waals surface area (Å²) in [5.74, 6) is 1.40. The van der Waals surface area contributed by atoms with E-state index in [1.165, 1.54) is 0 Å². The van der Waals surface area contributed by atoms with Crippen LogP contribution in [0.25, 0.3) is 0 Å². The highest BCUT2D eigenvalue weighted by Gasteiger charge is 2.33. The summed E-state index contributed by atoms with van der Waals surface area (Å²) in [4.78, 5) is 42.1.